The van der Waals surface area contributed by atoms with Gasteiger partial charge in [0.25, 0.3) is 5.91 Å². The van der Waals surface area contributed by atoms with Crippen molar-refractivity contribution >= 4 is 35.4 Å². The Kier molecular flexibility index (Phi) is 7.25. The molecule has 3 N–H and O–H groups in total. The highest BCUT2D eigenvalue weighted by molar-refractivity contribution is 5.96. The van der Waals surface area contributed by atoms with Gasteiger partial charge in [0.1, 0.15) is 0 Å². The molecular weight excluding hydrogens is 518 g/mol. The summed E-state index contributed by atoms with van der Waals surface area (Å²) < 4.78 is 10.8. The molecule has 0 bridgehead atoms. The van der Waals surface area contributed by atoms with Crippen LogP contribution in [-0.4, -0.2) is 96.0 Å². The van der Waals surface area contributed by atoms with Crippen LogP contribution in [0.4, 0.5) is 28.2 Å². The van der Waals surface area contributed by atoms with Crippen molar-refractivity contribution in [1.29, 1.82) is 0 Å². The van der Waals surface area contributed by atoms with Crippen molar-refractivity contribution in [2.75, 3.05) is 80.2 Å². The number of aromatic nitrogens is 4. The van der Waals surface area contributed by atoms with Gasteiger partial charge < -0.3 is 29.8 Å². The summed E-state index contributed by atoms with van der Waals surface area (Å²) in [6.07, 6.45) is 3.09. The minimum absolute atomic E-state index is 0.111. The number of nitrogens with zero attached hydrogens (tertiary/aromatic N) is 7. The van der Waals surface area contributed by atoms with Gasteiger partial charge in [-0.05, 0) is 24.6 Å². The molecule has 0 unspecified atom stereocenters. The molecule has 0 spiro atoms. The van der Waals surface area contributed by atoms with E-state index >= 15 is 0 Å². The maximum absolute atomic E-state index is 12.9. The molecule has 208 valence electrons. The SMILES string of the molecule is Nc1ncc(-c2nc(N3CCOCC3)nc3c2CCN3OC(=O)Nc2cccc(C(=O)N3CCOCC3)c2)cn1. The first-order chi connectivity index (χ1) is 19.5. The summed E-state index contributed by atoms with van der Waals surface area (Å²) in [6, 6.07) is 6.77. The molecule has 1 aromatic carbocycles. The first kappa shape index (κ1) is 25.7. The Morgan fingerprint density at radius 1 is 0.950 bits per heavy atom. The molecule has 40 heavy (non-hydrogen) atoms. The summed E-state index contributed by atoms with van der Waals surface area (Å²) >= 11 is 0. The third-order valence-corrected chi connectivity index (χ3v) is 6.86. The lowest BCUT2D eigenvalue weighted by Crippen LogP contribution is -2.40. The number of ether oxygens (including phenoxy) is 2. The van der Waals surface area contributed by atoms with Gasteiger partial charge in [-0.3, -0.25) is 10.1 Å². The highest BCUT2D eigenvalue weighted by atomic mass is 16.7. The van der Waals surface area contributed by atoms with Gasteiger partial charge in [-0.15, -0.1) is 0 Å². The number of nitrogens with one attached hydrogen (secondary N) is 1. The largest absolute Gasteiger partial charge is 0.436 e. The second kappa shape index (κ2) is 11.3. The number of anilines is 4. The number of nitrogen functional groups attached to an aromatic ring is 1. The zero-order valence-corrected chi connectivity index (χ0v) is 21.8. The quantitative estimate of drug-likeness (QED) is 0.472. The molecule has 0 saturated carbocycles. The van der Waals surface area contributed by atoms with Crippen LogP contribution >= 0.6 is 0 Å². The number of amides is 2. The normalized spacial score (nSPS) is 16.9. The van der Waals surface area contributed by atoms with Crippen molar-refractivity contribution in [3.05, 3.63) is 47.8 Å². The van der Waals surface area contributed by atoms with Crippen LogP contribution in [0.15, 0.2) is 36.7 Å². The molecule has 3 aliphatic heterocycles. The van der Waals surface area contributed by atoms with Gasteiger partial charge in [0.2, 0.25) is 11.9 Å². The molecule has 3 aliphatic rings. The van der Waals surface area contributed by atoms with Crippen molar-refractivity contribution in [1.82, 2.24) is 24.8 Å². The molecule has 0 atom stereocenters. The van der Waals surface area contributed by atoms with E-state index in [2.05, 4.69) is 15.3 Å². The first-order valence-electron chi connectivity index (χ1n) is 13.1. The summed E-state index contributed by atoms with van der Waals surface area (Å²) in [7, 11) is 0. The molecule has 2 aromatic heterocycles. The lowest BCUT2D eigenvalue weighted by Gasteiger charge is -2.28. The Morgan fingerprint density at radius 3 is 2.42 bits per heavy atom. The Balaban J connectivity index is 1.21. The van der Waals surface area contributed by atoms with Crippen LogP contribution in [0.1, 0.15) is 15.9 Å². The van der Waals surface area contributed by atoms with Gasteiger partial charge >= 0.3 is 6.09 Å². The van der Waals surface area contributed by atoms with Crippen molar-refractivity contribution < 1.29 is 23.9 Å². The molecule has 14 nitrogen and oxygen atoms in total. The molecule has 2 saturated heterocycles. The molecule has 0 radical (unpaired) electrons. The van der Waals surface area contributed by atoms with Crippen LogP contribution < -0.4 is 21.0 Å². The van der Waals surface area contributed by atoms with Crippen LogP contribution in [0.25, 0.3) is 11.3 Å². The van der Waals surface area contributed by atoms with Gasteiger partial charge in [-0.25, -0.2) is 19.7 Å². The maximum Gasteiger partial charge on any atom is 0.436 e. The zero-order chi connectivity index (χ0) is 27.5. The van der Waals surface area contributed by atoms with Crippen LogP contribution in [0, 0.1) is 0 Å². The Hall–Kier alpha value is -4.56. The molecule has 5 heterocycles. The number of hydrogen-bond donors (Lipinski definition) is 2. The van der Waals surface area contributed by atoms with Gasteiger partial charge in [0.15, 0.2) is 5.82 Å². The number of rotatable bonds is 5. The van der Waals surface area contributed by atoms with E-state index in [1.54, 1.807) is 41.6 Å². The molecule has 14 heteroatoms. The van der Waals surface area contributed by atoms with Crippen LogP contribution in [0.5, 0.6) is 0 Å². The van der Waals surface area contributed by atoms with E-state index in [0.717, 1.165) is 5.56 Å². The molecule has 3 aromatic rings. The Bertz CT molecular complexity index is 1390. The zero-order valence-electron chi connectivity index (χ0n) is 21.8. The van der Waals surface area contributed by atoms with E-state index in [-0.39, 0.29) is 11.9 Å². The summed E-state index contributed by atoms with van der Waals surface area (Å²) in [5.74, 6) is 1.05. The van der Waals surface area contributed by atoms with Gasteiger partial charge in [0.05, 0.1) is 38.7 Å². The van der Waals surface area contributed by atoms with Gasteiger partial charge in [-0.1, -0.05) is 6.07 Å². The molecule has 2 amide bonds. The van der Waals surface area contributed by atoms with Gasteiger partial charge in [-0.2, -0.15) is 10.0 Å². The van der Waals surface area contributed by atoms with E-state index in [4.69, 9.17) is 30.0 Å². The average molecular weight is 548 g/mol. The minimum Gasteiger partial charge on any atom is -0.378 e. The number of carbonyl (C=O) groups is 2. The third-order valence-electron chi connectivity index (χ3n) is 6.86. The predicted molar refractivity (Wildman–Crippen MR) is 145 cm³/mol. The number of carbonyl (C=O) groups excluding carboxylic acids is 2. The maximum atomic E-state index is 12.9. The van der Waals surface area contributed by atoms with E-state index < -0.39 is 6.09 Å². The topological polar surface area (TPSA) is 161 Å². The first-order valence-corrected chi connectivity index (χ1v) is 13.1. The fourth-order valence-corrected chi connectivity index (χ4v) is 4.83. The monoisotopic (exact) mass is 547 g/mol. The number of hydroxylamine groups is 1. The molecule has 0 aliphatic carbocycles. The second-order valence-corrected chi connectivity index (χ2v) is 9.44. The lowest BCUT2D eigenvalue weighted by atomic mass is 10.1. The second-order valence-electron chi connectivity index (χ2n) is 9.44. The van der Waals surface area contributed by atoms with E-state index in [1.165, 1.54) is 5.06 Å². The average Bonchev–Trinajstić information content (AvgIpc) is 3.40. The van der Waals surface area contributed by atoms with Crippen LogP contribution in [0.2, 0.25) is 0 Å². The van der Waals surface area contributed by atoms with Crippen molar-refractivity contribution in [2.24, 2.45) is 0 Å². The summed E-state index contributed by atoms with van der Waals surface area (Å²) in [6.45, 7) is 4.88. The van der Waals surface area contributed by atoms with E-state index in [0.29, 0.717) is 99.8 Å². The Morgan fingerprint density at radius 2 is 1.68 bits per heavy atom. The fraction of sp³-hybridized carbons (Fsp3) is 0.385. The number of nitrogens with two attached hydrogens (primary N) is 1. The van der Waals surface area contributed by atoms with Crippen LogP contribution in [-0.2, 0) is 20.7 Å². The standard InChI is InChI=1S/C26H29N9O5/c27-24-28-15-18(16-29-24)21-20-4-5-35(22(20)32-25(31-21)34-8-12-39-13-9-34)40-26(37)30-19-3-1-2-17(14-19)23(36)33-6-10-38-11-7-33/h1-3,14-16H,4-13H2,(H,30,37)(H2,27,28,29). The third kappa shape index (κ3) is 5.44. The lowest BCUT2D eigenvalue weighted by molar-refractivity contribution is 0.0303. The number of fused-ring (bicyclic) bond motifs is 1. The molecule has 6 rings (SSSR count). The summed E-state index contributed by atoms with van der Waals surface area (Å²) in [5, 5.41) is 4.18. The fourth-order valence-electron chi connectivity index (χ4n) is 4.83. The molecule has 2 fully saturated rings. The van der Waals surface area contributed by atoms with Crippen molar-refractivity contribution in [2.45, 2.75) is 6.42 Å². The summed E-state index contributed by atoms with van der Waals surface area (Å²) in [4.78, 5) is 53.1. The highest BCUT2D eigenvalue weighted by Crippen LogP contribution is 2.35. The highest BCUT2D eigenvalue weighted by Gasteiger charge is 2.31. The van der Waals surface area contributed by atoms with E-state index in [1.807, 2.05) is 4.90 Å². The number of hydrogen-bond acceptors (Lipinski definition) is 12. The van der Waals surface area contributed by atoms with Crippen LogP contribution in [0.3, 0.4) is 0 Å². The number of benzene rings is 1. The Labute approximate surface area is 230 Å². The van der Waals surface area contributed by atoms with E-state index in [9.17, 15) is 9.59 Å². The molecular formula is C26H29N9O5. The number of morpholine rings is 2. The minimum atomic E-state index is -0.701. The van der Waals surface area contributed by atoms with Crippen molar-refractivity contribution in [3.63, 3.8) is 0 Å². The van der Waals surface area contributed by atoms with Gasteiger partial charge in [0, 0.05) is 61.0 Å². The van der Waals surface area contributed by atoms with Crippen molar-refractivity contribution in [3.8, 4) is 11.3 Å². The predicted octanol–water partition coefficient (Wildman–Crippen LogP) is 1.35. The summed E-state index contributed by atoms with van der Waals surface area (Å²) in [5.41, 5.74) is 8.78. The smallest absolute Gasteiger partial charge is 0.378 e.